The molecule has 8 nitrogen and oxygen atoms in total. The lowest BCUT2D eigenvalue weighted by Crippen LogP contribution is -2.51. The summed E-state index contributed by atoms with van der Waals surface area (Å²) < 4.78 is 33.8. The maximum atomic E-state index is 13.4. The van der Waals surface area contributed by atoms with Crippen molar-refractivity contribution < 1.29 is 23.2 Å². The van der Waals surface area contributed by atoms with Gasteiger partial charge < -0.3 is 9.64 Å². The van der Waals surface area contributed by atoms with Gasteiger partial charge in [0.2, 0.25) is 10.0 Å². The van der Waals surface area contributed by atoms with E-state index in [1.54, 1.807) is 17.6 Å². The normalized spacial score (nSPS) is 16.0. The molecule has 0 bridgehead atoms. The molecule has 0 fully saturated rings. The molecule has 33 heavy (non-hydrogen) atoms. The lowest BCUT2D eigenvalue weighted by Gasteiger charge is -2.34. The van der Waals surface area contributed by atoms with Gasteiger partial charge in [0.15, 0.2) is 0 Å². The SMILES string of the molecule is CN(C)c1ccc(Oc2ccc(S(=O)(=O)N3Cc4ccccc4CC3C(=O)NO)cc2)cc1. The minimum atomic E-state index is -4.01. The van der Waals surface area contributed by atoms with Crippen molar-refractivity contribution in [3.8, 4) is 11.5 Å². The lowest BCUT2D eigenvalue weighted by molar-refractivity contribution is -0.133. The molecule has 4 rings (SSSR count). The van der Waals surface area contributed by atoms with Gasteiger partial charge in [-0.05, 0) is 66.1 Å². The molecule has 0 radical (unpaired) electrons. The molecule has 9 heteroatoms. The highest BCUT2D eigenvalue weighted by molar-refractivity contribution is 7.89. The summed E-state index contributed by atoms with van der Waals surface area (Å²) >= 11 is 0. The van der Waals surface area contributed by atoms with Crippen molar-refractivity contribution in [1.29, 1.82) is 0 Å². The molecule has 0 aromatic heterocycles. The van der Waals surface area contributed by atoms with Gasteiger partial charge in [-0.3, -0.25) is 10.0 Å². The number of benzene rings is 3. The summed E-state index contributed by atoms with van der Waals surface area (Å²) in [5.41, 5.74) is 4.33. The summed E-state index contributed by atoms with van der Waals surface area (Å²) in [4.78, 5) is 14.3. The Morgan fingerprint density at radius 2 is 1.55 bits per heavy atom. The van der Waals surface area contributed by atoms with Gasteiger partial charge in [0.05, 0.1) is 4.90 Å². The zero-order valence-electron chi connectivity index (χ0n) is 18.3. The number of hydrogen-bond acceptors (Lipinski definition) is 6. The van der Waals surface area contributed by atoms with E-state index in [2.05, 4.69) is 0 Å². The molecule has 1 unspecified atom stereocenters. The Morgan fingerprint density at radius 3 is 2.12 bits per heavy atom. The molecular weight excluding hydrogens is 442 g/mol. The highest BCUT2D eigenvalue weighted by Gasteiger charge is 2.39. The molecule has 0 saturated carbocycles. The third-order valence-electron chi connectivity index (χ3n) is 5.64. The molecule has 1 heterocycles. The molecule has 1 aliphatic heterocycles. The number of nitrogens with zero attached hydrogens (tertiary/aromatic N) is 2. The van der Waals surface area contributed by atoms with E-state index in [-0.39, 0.29) is 17.9 Å². The van der Waals surface area contributed by atoms with Crippen LogP contribution in [0.3, 0.4) is 0 Å². The van der Waals surface area contributed by atoms with Crippen molar-refractivity contribution in [1.82, 2.24) is 9.79 Å². The molecule has 0 aliphatic carbocycles. The number of carbonyl (C=O) groups is 1. The van der Waals surface area contributed by atoms with E-state index in [4.69, 9.17) is 4.74 Å². The van der Waals surface area contributed by atoms with Crippen molar-refractivity contribution >= 4 is 21.6 Å². The first-order valence-corrected chi connectivity index (χ1v) is 11.8. The quantitative estimate of drug-likeness (QED) is 0.427. The van der Waals surface area contributed by atoms with E-state index >= 15 is 0 Å². The summed E-state index contributed by atoms with van der Waals surface area (Å²) in [7, 11) is -0.115. The number of amides is 1. The van der Waals surface area contributed by atoms with Gasteiger partial charge in [-0.2, -0.15) is 4.31 Å². The van der Waals surface area contributed by atoms with Crippen molar-refractivity contribution in [2.24, 2.45) is 0 Å². The molecule has 0 spiro atoms. The number of carbonyl (C=O) groups excluding carboxylic acids is 1. The third-order valence-corrected chi connectivity index (χ3v) is 7.51. The van der Waals surface area contributed by atoms with Crippen LogP contribution < -0.4 is 15.1 Å². The topological polar surface area (TPSA) is 99.2 Å². The Hall–Kier alpha value is -3.40. The summed E-state index contributed by atoms with van der Waals surface area (Å²) in [6.07, 6.45) is 0.173. The molecule has 3 aromatic rings. The number of anilines is 1. The van der Waals surface area contributed by atoms with Gasteiger partial charge in [0.25, 0.3) is 5.91 Å². The van der Waals surface area contributed by atoms with Crippen LogP contribution in [0.1, 0.15) is 11.1 Å². The van der Waals surface area contributed by atoms with E-state index in [0.29, 0.717) is 11.5 Å². The van der Waals surface area contributed by atoms with E-state index in [0.717, 1.165) is 21.1 Å². The molecule has 1 atom stereocenters. The van der Waals surface area contributed by atoms with Crippen LogP contribution in [0.5, 0.6) is 11.5 Å². The van der Waals surface area contributed by atoms with E-state index in [1.165, 1.54) is 12.1 Å². The Bertz CT molecular complexity index is 1240. The smallest absolute Gasteiger partial charge is 0.262 e. The maximum Gasteiger partial charge on any atom is 0.262 e. The van der Waals surface area contributed by atoms with Gasteiger partial charge in [0, 0.05) is 26.3 Å². The number of sulfonamides is 1. The van der Waals surface area contributed by atoms with E-state index < -0.39 is 22.0 Å². The fraction of sp³-hybridized carbons (Fsp3) is 0.208. The molecule has 172 valence electrons. The maximum absolute atomic E-state index is 13.4. The number of nitrogens with one attached hydrogen (secondary N) is 1. The largest absolute Gasteiger partial charge is 0.457 e. The zero-order valence-corrected chi connectivity index (χ0v) is 19.1. The van der Waals surface area contributed by atoms with Crippen molar-refractivity contribution in [2.75, 3.05) is 19.0 Å². The molecule has 2 N–H and O–H groups in total. The minimum Gasteiger partial charge on any atom is -0.457 e. The summed E-state index contributed by atoms with van der Waals surface area (Å²) in [6, 6.07) is 19.9. The highest BCUT2D eigenvalue weighted by Crippen LogP contribution is 2.31. The Kier molecular flexibility index (Phi) is 6.37. The molecular formula is C24H25N3O5S. The van der Waals surface area contributed by atoms with E-state index in [1.807, 2.05) is 67.5 Å². The van der Waals surface area contributed by atoms with Crippen LogP contribution in [-0.2, 0) is 27.8 Å². The van der Waals surface area contributed by atoms with Crippen LogP contribution in [-0.4, -0.2) is 44.0 Å². The predicted molar refractivity (Wildman–Crippen MR) is 124 cm³/mol. The molecule has 0 saturated heterocycles. The molecule has 1 aliphatic rings. The predicted octanol–water partition coefficient (Wildman–Crippen LogP) is 3.17. The number of hydroxylamine groups is 1. The number of fused-ring (bicyclic) bond motifs is 1. The zero-order chi connectivity index (χ0) is 23.6. The first-order valence-electron chi connectivity index (χ1n) is 10.4. The standard InChI is InChI=1S/C24H25N3O5S/c1-26(2)19-7-9-20(10-8-19)32-21-11-13-22(14-12-21)33(30,31)27-16-18-6-4-3-5-17(18)15-23(27)24(28)25-29/h3-14,23,29H,15-16H2,1-2H3,(H,25,28). The van der Waals surface area contributed by atoms with Crippen LogP contribution in [0, 0.1) is 0 Å². The summed E-state index contributed by atoms with van der Waals surface area (Å²) in [5.74, 6) is 0.345. The minimum absolute atomic E-state index is 0.0348. The summed E-state index contributed by atoms with van der Waals surface area (Å²) in [5, 5.41) is 9.17. The Morgan fingerprint density at radius 1 is 0.970 bits per heavy atom. The fourth-order valence-electron chi connectivity index (χ4n) is 3.81. The van der Waals surface area contributed by atoms with Crippen molar-refractivity contribution in [3.63, 3.8) is 0 Å². The van der Waals surface area contributed by atoms with Gasteiger partial charge in [-0.1, -0.05) is 24.3 Å². The molecule has 1 amide bonds. The van der Waals surface area contributed by atoms with Gasteiger partial charge in [-0.15, -0.1) is 0 Å². The van der Waals surface area contributed by atoms with Crippen LogP contribution >= 0.6 is 0 Å². The Labute approximate surface area is 193 Å². The van der Waals surface area contributed by atoms with Gasteiger partial charge in [0.1, 0.15) is 17.5 Å². The van der Waals surface area contributed by atoms with Crippen LogP contribution in [0.4, 0.5) is 5.69 Å². The number of ether oxygens (including phenoxy) is 1. The fourth-order valence-corrected chi connectivity index (χ4v) is 5.38. The van der Waals surface area contributed by atoms with Crippen LogP contribution in [0.25, 0.3) is 0 Å². The average Bonchev–Trinajstić information content (AvgIpc) is 2.83. The van der Waals surface area contributed by atoms with Gasteiger partial charge >= 0.3 is 0 Å². The average molecular weight is 468 g/mol. The second-order valence-electron chi connectivity index (χ2n) is 7.98. The first-order chi connectivity index (χ1) is 15.8. The van der Waals surface area contributed by atoms with Crippen LogP contribution in [0.15, 0.2) is 77.7 Å². The monoisotopic (exact) mass is 467 g/mol. The number of hydrogen-bond donors (Lipinski definition) is 2. The molecule has 3 aromatic carbocycles. The van der Waals surface area contributed by atoms with Crippen molar-refractivity contribution in [3.05, 3.63) is 83.9 Å². The second-order valence-corrected chi connectivity index (χ2v) is 9.87. The lowest BCUT2D eigenvalue weighted by atomic mass is 9.95. The van der Waals surface area contributed by atoms with Gasteiger partial charge in [-0.25, -0.2) is 13.9 Å². The highest BCUT2D eigenvalue weighted by atomic mass is 32.2. The van der Waals surface area contributed by atoms with Crippen molar-refractivity contribution in [2.45, 2.75) is 23.9 Å². The second kappa shape index (κ2) is 9.22. The van der Waals surface area contributed by atoms with E-state index in [9.17, 15) is 18.4 Å². The third kappa shape index (κ3) is 4.70. The first kappa shape index (κ1) is 22.8. The Balaban J connectivity index is 1.57. The van der Waals surface area contributed by atoms with Crippen LogP contribution in [0.2, 0.25) is 0 Å². The number of rotatable bonds is 6. The summed E-state index contributed by atoms with van der Waals surface area (Å²) in [6.45, 7) is 0.0348.